The highest BCUT2D eigenvalue weighted by Gasteiger charge is 2.41. The lowest BCUT2D eigenvalue weighted by Crippen LogP contribution is -2.31. The number of urea groups is 1. The number of aromatic nitrogens is 1. The number of ether oxygens (including phenoxy) is 1. The lowest BCUT2D eigenvalue weighted by molar-refractivity contribution is -0.137. The Balaban J connectivity index is 1.24. The number of carbonyl (C=O) groups excluding carboxylic acids is 2. The Hall–Kier alpha value is -4.28. The van der Waals surface area contributed by atoms with Crippen LogP contribution < -0.4 is 20.7 Å². The highest BCUT2D eigenvalue weighted by Crippen LogP contribution is 2.46. The van der Waals surface area contributed by atoms with Crippen LogP contribution >= 0.6 is 0 Å². The molecule has 36 heavy (non-hydrogen) atoms. The first-order valence-electron chi connectivity index (χ1n) is 11.2. The summed E-state index contributed by atoms with van der Waals surface area (Å²) < 4.78 is 44.7. The summed E-state index contributed by atoms with van der Waals surface area (Å²) in [5, 5.41) is 18.2. The Labute approximate surface area is 203 Å². The number of hydrogen-bond donors (Lipinski definition) is 4. The third kappa shape index (κ3) is 5.04. The molecule has 1 aliphatic heterocycles. The van der Waals surface area contributed by atoms with E-state index in [-0.39, 0.29) is 29.3 Å². The highest BCUT2D eigenvalue weighted by molar-refractivity contribution is 5.93. The summed E-state index contributed by atoms with van der Waals surface area (Å²) in [6.07, 6.45) is -1.61. The molecule has 0 radical (unpaired) electrons. The third-order valence-corrected chi connectivity index (χ3v) is 6.05. The predicted octanol–water partition coefficient (Wildman–Crippen LogP) is 5.16. The molecule has 0 unspecified atom stereocenters. The summed E-state index contributed by atoms with van der Waals surface area (Å²) in [6.45, 7) is 0. The Morgan fingerprint density at radius 3 is 2.78 bits per heavy atom. The predicted molar refractivity (Wildman–Crippen MR) is 124 cm³/mol. The summed E-state index contributed by atoms with van der Waals surface area (Å²) in [5.74, 6) is 1.21. The molecule has 0 spiro atoms. The Kier molecular flexibility index (Phi) is 5.91. The van der Waals surface area contributed by atoms with Crippen LogP contribution in [-0.2, 0) is 17.4 Å². The Morgan fingerprint density at radius 2 is 1.97 bits per heavy atom. The van der Waals surface area contributed by atoms with Crippen molar-refractivity contribution >= 4 is 23.4 Å². The van der Waals surface area contributed by atoms with Gasteiger partial charge in [0.2, 0.25) is 5.91 Å². The van der Waals surface area contributed by atoms with E-state index in [1.54, 1.807) is 18.2 Å². The number of nitrogens with zero attached hydrogens (tertiary/aromatic N) is 1. The van der Waals surface area contributed by atoms with Crippen molar-refractivity contribution in [2.45, 2.75) is 37.4 Å². The first-order chi connectivity index (χ1) is 17.2. The largest absolute Gasteiger partial charge is 0.508 e. The van der Waals surface area contributed by atoms with Gasteiger partial charge in [0.25, 0.3) is 0 Å². The third-order valence-electron chi connectivity index (χ3n) is 6.05. The van der Waals surface area contributed by atoms with Gasteiger partial charge in [-0.05, 0) is 55.3 Å². The van der Waals surface area contributed by atoms with Crippen molar-refractivity contribution in [3.8, 4) is 17.2 Å². The number of anilines is 2. The number of phenolic OH excluding ortho intramolecular Hbond substituents is 1. The maximum atomic E-state index is 12.9. The van der Waals surface area contributed by atoms with Crippen molar-refractivity contribution in [2.75, 3.05) is 10.6 Å². The van der Waals surface area contributed by atoms with Crippen LogP contribution in [0.2, 0.25) is 0 Å². The van der Waals surface area contributed by atoms with Crippen LogP contribution in [-0.4, -0.2) is 28.1 Å². The number of fused-ring (bicyclic) bond motifs is 1. The number of halogens is 3. The Morgan fingerprint density at radius 1 is 1.14 bits per heavy atom. The average molecular weight is 498 g/mol. The molecule has 11 heteroatoms. The van der Waals surface area contributed by atoms with Crippen LogP contribution in [0, 0.1) is 0 Å². The van der Waals surface area contributed by atoms with Gasteiger partial charge in [-0.25, -0.2) is 9.78 Å². The van der Waals surface area contributed by atoms with Crippen molar-refractivity contribution in [1.82, 2.24) is 10.3 Å². The van der Waals surface area contributed by atoms with E-state index >= 15 is 0 Å². The molecule has 1 aliphatic carbocycles. The van der Waals surface area contributed by atoms with Crippen LogP contribution in [0.15, 0.2) is 54.7 Å². The van der Waals surface area contributed by atoms with E-state index in [2.05, 4.69) is 20.9 Å². The molecule has 186 valence electrons. The lowest BCUT2D eigenvalue weighted by Gasteiger charge is -2.19. The molecule has 1 fully saturated rings. The van der Waals surface area contributed by atoms with Crippen LogP contribution in [0.3, 0.4) is 0 Å². The van der Waals surface area contributed by atoms with Crippen LogP contribution in [0.1, 0.15) is 35.4 Å². The van der Waals surface area contributed by atoms with Gasteiger partial charge in [-0.3, -0.25) is 4.79 Å². The second-order valence-electron chi connectivity index (χ2n) is 8.63. The number of nitrogens with one attached hydrogen (secondary N) is 3. The van der Waals surface area contributed by atoms with Gasteiger partial charge in [0.1, 0.15) is 23.1 Å². The molecule has 4 N–H and O–H groups in total. The number of alkyl halides is 3. The number of pyridine rings is 1. The van der Waals surface area contributed by atoms with Gasteiger partial charge >= 0.3 is 12.2 Å². The minimum atomic E-state index is -4.51. The van der Waals surface area contributed by atoms with Crippen molar-refractivity contribution < 1.29 is 32.6 Å². The van der Waals surface area contributed by atoms with Crippen LogP contribution in [0.4, 0.5) is 29.5 Å². The molecule has 3 amide bonds. The van der Waals surface area contributed by atoms with E-state index in [4.69, 9.17) is 4.74 Å². The van der Waals surface area contributed by atoms with E-state index in [1.807, 2.05) is 0 Å². The van der Waals surface area contributed by atoms with E-state index in [9.17, 15) is 27.9 Å². The average Bonchev–Trinajstić information content (AvgIpc) is 3.58. The van der Waals surface area contributed by atoms with E-state index in [0.717, 1.165) is 17.7 Å². The maximum Gasteiger partial charge on any atom is 0.416 e. The summed E-state index contributed by atoms with van der Waals surface area (Å²) in [6, 6.07) is 9.92. The van der Waals surface area contributed by atoms with Gasteiger partial charge in [-0.2, -0.15) is 13.2 Å². The summed E-state index contributed by atoms with van der Waals surface area (Å²) in [5.41, 5.74) is 0.524. The summed E-state index contributed by atoms with van der Waals surface area (Å²) >= 11 is 0. The van der Waals surface area contributed by atoms with Gasteiger partial charge in [0.05, 0.1) is 5.56 Å². The molecule has 2 aromatic carbocycles. The first kappa shape index (κ1) is 23.5. The van der Waals surface area contributed by atoms with E-state index in [1.165, 1.54) is 24.4 Å². The second-order valence-corrected chi connectivity index (χ2v) is 8.63. The fourth-order valence-electron chi connectivity index (χ4n) is 4.18. The zero-order valence-corrected chi connectivity index (χ0v) is 18.7. The standard InChI is InChI=1S/C25H21F3N4O4/c26-25(27,28)13-2-1-3-14(10-13)30-24(35)31-19-12-17(19)18-11-15(4-6-20(18)33)36-21-8-9-29-23-16(21)5-7-22(34)32-23/h1-4,6,8-11,17,19,33H,5,7,12H2,(H,29,32,34)(H2,30,31,35)/t17-,19+/m1/s1. The van der Waals surface area contributed by atoms with Crippen molar-refractivity contribution in [2.24, 2.45) is 0 Å². The first-order valence-corrected chi connectivity index (χ1v) is 11.2. The zero-order chi connectivity index (χ0) is 25.4. The van der Waals surface area contributed by atoms with Crippen molar-refractivity contribution in [3.05, 3.63) is 71.4 Å². The fourth-order valence-corrected chi connectivity index (χ4v) is 4.18. The summed E-state index contributed by atoms with van der Waals surface area (Å²) in [4.78, 5) is 28.1. The van der Waals surface area contributed by atoms with Crippen molar-refractivity contribution in [3.63, 3.8) is 0 Å². The molecule has 1 aromatic heterocycles. The number of phenols is 1. The van der Waals surface area contributed by atoms with Crippen LogP contribution in [0.25, 0.3) is 0 Å². The van der Waals surface area contributed by atoms with Gasteiger partial charge in [0.15, 0.2) is 0 Å². The molecule has 3 aromatic rings. The topological polar surface area (TPSA) is 113 Å². The quantitative estimate of drug-likeness (QED) is 0.388. The molecule has 0 saturated heterocycles. The van der Waals surface area contributed by atoms with Crippen molar-refractivity contribution in [1.29, 1.82) is 0 Å². The minimum absolute atomic E-state index is 0.0228. The molecule has 2 heterocycles. The number of hydrogen-bond acceptors (Lipinski definition) is 5. The van der Waals surface area contributed by atoms with Gasteiger partial charge in [-0.15, -0.1) is 0 Å². The van der Waals surface area contributed by atoms with E-state index in [0.29, 0.717) is 42.1 Å². The number of amides is 3. The molecular weight excluding hydrogens is 477 g/mol. The molecule has 0 bridgehead atoms. The monoisotopic (exact) mass is 498 g/mol. The molecule has 5 rings (SSSR count). The highest BCUT2D eigenvalue weighted by atomic mass is 19.4. The van der Waals surface area contributed by atoms with Gasteiger partial charge in [-0.1, -0.05) is 6.07 Å². The SMILES string of the molecule is O=C1CCc2c(Oc3ccc(O)c([C@H]4C[C@@H]4NC(=O)Nc4cccc(C(F)(F)F)c4)c3)ccnc2N1. The van der Waals surface area contributed by atoms with Gasteiger partial charge in [0, 0.05) is 41.4 Å². The van der Waals surface area contributed by atoms with Gasteiger partial charge < -0.3 is 25.8 Å². The summed E-state index contributed by atoms with van der Waals surface area (Å²) in [7, 11) is 0. The number of carbonyl (C=O) groups is 2. The normalized spacial score (nSPS) is 18.6. The molecule has 2 atom stereocenters. The van der Waals surface area contributed by atoms with Crippen LogP contribution in [0.5, 0.6) is 17.2 Å². The lowest BCUT2D eigenvalue weighted by atomic mass is 10.1. The molecular formula is C25H21F3N4O4. The number of rotatable bonds is 5. The Bertz CT molecular complexity index is 1350. The molecule has 2 aliphatic rings. The fraction of sp³-hybridized carbons (Fsp3) is 0.240. The molecule has 8 nitrogen and oxygen atoms in total. The number of benzene rings is 2. The maximum absolute atomic E-state index is 12.9. The molecule has 1 saturated carbocycles. The van der Waals surface area contributed by atoms with E-state index < -0.39 is 17.8 Å². The minimum Gasteiger partial charge on any atom is -0.508 e. The second kappa shape index (κ2) is 9.06. The smallest absolute Gasteiger partial charge is 0.416 e. The number of aromatic hydroxyl groups is 1. The zero-order valence-electron chi connectivity index (χ0n) is 18.7.